The van der Waals surface area contributed by atoms with Gasteiger partial charge in [0.2, 0.25) is 5.91 Å². The molecule has 1 saturated heterocycles. The molecule has 5 nitrogen and oxygen atoms in total. The number of nitrogens with one attached hydrogen (secondary N) is 1. The predicted molar refractivity (Wildman–Crippen MR) is 85.0 cm³/mol. The number of hydrogen-bond donors (Lipinski definition) is 1. The summed E-state index contributed by atoms with van der Waals surface area (Å²) in [6, 6.07) is 5.37. The number of hydrogen-bond acceptors (Lipinski definition) is 3. The van der Waals surface area contributed by atoms with E-state index >= 15 is 0 Å². The van der Waals surface area contributed by atoms with Gasteiger partial charge in [-0.3, -0.25) is 9.59 Å². The number of benzene rings is 1. The van der Waals surface area contributed by atoms with E-state index in [-0.39, 0.29) is 17.9 Å². The summed E-state index contributed by atoms with van der Waals surface area (Å²) in [6.07, 6.45) is 3.59. The quantitative estimate of drug-likeness (QED) is 0.843. The number of carbonyl (C=O) groups excluding carboxylic acids is 2. The van der Waals surface area contributed by atoms with Gasteiger partial charge in [-0.2, -0.15) is 0 Å². The molecule has 0 aromatic heterocycles. The molecule has 0 spiro atoms. The van der Waals surface area contributed by atoms with Gasteiger partial charge in [0, 0.05) is 31.6 Å². The van der Waals surface area contributed by atoms with Gasteiger partial charge in [-0.25, -0.2) is 0 Å². The van der Waals surface area contributed by atoms with Gasteiger partial charge in [0.1, 0.15) is 5.75 Å². The van der Waals surface area contributed by atoms with Crippen LogP contribution in [0.25, 0.3) is 0 Å². The number of piperidine rings is 1. The summed E-state index contributed by atoms with van der Waals surface area (Å²) >= 11 is 0. The van der Waals surface area contributed by atoms with Crippen molar-refractivity contribution >= 4 is 11.8 Å². The first-order valence-corrected chi connectivity index (χ1v) is 7.37. The van der Waals surface area contributed by atoms with Crippen LogP contribution in [0, 0.1) is 0 Å². The number of allylic oxidation sites excluding steroid dienone is 1. The fourth-order valence-electron chi connectivity index (χ4n) is 2.63. The van der Waals surface area contributed by atoms with Crippen molar-refractivity contribution < 1.29 is 14.3 Å². The molecule has 1 aromatic carbocycles. The molecule has 1 aliphatic heterocycles. The second kappa shape index (κ2) is 7.11. The number of amides is 2. The Hall–Kier alpha value is -2.30. The zero-order valence-electron chi connectivity index (χ0n) is 13.1. The summed E-state index contributed by atoms with van der Waals surface area (Å²) in [7, 11) is 3.37. The Morgan fingerprint density at radius 1 is 1.55 bits per heavy atom. The third-order valence-corrected chi connectivity index (χ3v) is 3.87. The molecule has 22 heavy (non-hydrogen) atoms. The van der Waals surface area contributed by atoms with E-state index in [1.807, 2.05) is 6.07 Å². The van der Waals surface area contributed by atoms with Gasteiger partial charge in [-0.1, -0.05) is 6.08 Å². The Bertz CT molecular complexity index is 583. The minimum atomic E-state index is -0.124. The maximum Gasteiger partial charge on any atom is 0.251 e. The van der Waals surface area contributed by atoms with Gasteiger partial charge < -0.3 is 15.0 Å². The van der Waals surface area contributed by atoms with Crippen LogP contribution in [0.15, 0.2) is 30.9 Å². The number of rotatable bonds is 5. The number of ether oxygens (including phenoxy) is 1. The second-order valence-electron chi connectivity index (χ2n) is 5.50. The average molecular weight is 302 g/mol. The van der Waals surface area contributed by atoms with Crippen LogP contribution in [-0.4, -0.2) is 43.5 Å². The molecule has 1 fully saturated rings. The molecule has 5 heteroatoms. The van der Waals surface area contributed by atoms with Gasteiger partial charge in [-0.15, -0.1) is 6.58 Å². The average Bonchev–Trinajstić information content (AvgIpc) is 2.51. The molecule has 1 heterocycles. The highest BCUT2D eigenvalue weighted by atomic mass is 16.5. The summed E-state index contributed by atoms with van der Waals surface area (Å²) in [5.74, 6) is 0.753. The van der Waals surface area contributed by atoms with E-state index < -0.39 is 0 Å². The molecule has 1 unspecified atom stereocenters. The van der Waals surface area contributed by atoms with Gasteiger partial charge in [0.05, 0.1) is 7.11 Å². The molecule has 0 saturated carbocycles. The molecule has 118 valence electrons. The van der Waals surface area contributed by atoms with E-state index in [0.29, 0.717) is 31.4 Å². The Labute approximate surface area is 130 Å². The van der Waals surface area contributed by atoms with Crippen LogP contribution in [0.5, 0.6) is 5.75 Å². The van der Waals surface area contributed by atoms with Gasteiger partial charge in [0.25, 0.3) is 5.91 Å². The lowest BCUT2D eigenvalue weighted by molar-refractivity contribution is -0.132. The van der Waals surface area contributed by atoms with Crippen LogP contribution in [0.4, 0.5) is 0 Å². The molecule has 1 N–H and O–H groups in total. The Kier molecular flexibility index (Phi) is 5.20. The van der Waals surface area contributed by atoms with Gasteiger partial charge in [-0.05, 0) is 36.6 Å². The first-order chi connectivity index (χ1) is 10.5. The normalized spacial score (nSPS) is 18.0. The van der Waals surface area contributed by atoms with E-state index in [1.54, 1.807) is 37.3 Å². The Morgan fingerprint density at radius 3 is 2.95 bits per heavy atom. The summed E-state index contributed by atoms with van der Waals surface area (Å²) in [5.41, 5.74) is 1.53. The van der Waals surface area contributed by atoms with E-state index in [1.165, 1.54) is 0 Å². The van der Waals surface area contributed by atoms with Crippen LogP contribution in [0.2, 0.25) is 0 Å². The third kappa shape index (κ3) is 3.67. The molecule has 0 radical (unpaired) electrons. The standard InChI is InChI=1S/C17H22N2O3/c1-4-5-12-10-13(6-8-15(12)22-3)17(21)18-14-7-9-16(20)19(2)11-14/h4,6,8,10,14H,1,5,7,9,11H2,2-3H3,(H,18,21). The van der Waals surface area contributed by atoms with Crippen molar-refractivity contribution in [1.29, 1.82) is 0 Å². The number of likely N-dealkylation sites (tertiary alicyclic amines) is 1. The van der Waals surface area contributed by atoms with Crippen molar-refractivity contribution in [3.63, 3.8) is 0 Å². The summed E-state index contributed by atoms with van der Waals surface area (Å²) in [5, 5.41) is 2.99. The van der Waals surface area contributed by atoms with Crippen molar-refractivity contribution in [2.45, 2.75) is 25.3 Å². The van der Waals surface area contributed by atoms with Crippen molar-refractivity contribution in [2.75, 3.05) is 20.7 Å². The smallest absolute Gasteiger partial charge is 0.251 e. The highest BCUT2D eigenvalue weighted by Crippen LogP contribution is 2.21. The van der Waals surface area contributed by atoms with E-state index in [0.717, 1.165) is 11.3 Å². The molecule has 2 amide bonds. The predicted octanol–water partition coefficient (Wildman–Crippen LogP) is 1.77. The van der Waals surface area contributed by atoms with Gasteiger partial charge in [0.15, 0.2) is 0 Å². The summed E-state index contributed by atoms with van der Waals surface area (Å²) in [6.45, 7) is 4.28. The van der Waals surface area contributed by atoms with E-state index in [9.17, 15) is 9.59 Å². The minimum absolute atomic E-state index is 0.000144. The van der Waals surface area contributed by atoms with Crippen LogP contribution < -0.4 is 10.1 Å². The number of methoxy groups -OCH3 is 1. The number of nitrogens with zero attached hydrogens (tertiary/aromatic N) is 1. The zero-order chi connectivity index (χ0) is 16.1. The molecule has 0 aliphatic carbocycles. The van der Waals surface area contributed by atoms with Crippen LogP contribution in [0.3, 0.4) is 0 Å². The molecule has 0 bridgehead atoms. The maximum atomic E-state index is 12.4. The van der Waals surface area contributed by atoms with E-state index in [4.69, 9.17) is 4.74 Å². The fourth-order valence-corrected chi connectivity index (χ4v) is 2.63. The lowest BCUT2D eigenvalue weighted by Crippen LogP contribution is -2.48. The third-order valence-electron chi connectivity index (χ3n) is 3.87. The van der Waals surface area contributed by atoms with Crippen LogP contribution in [0.1, 0.15) is 28.8 Å². The van der Waals surface area contributed by atoms with E-state index in [2.05, 4.69) is 11.9 Å². The van der Waals surface area contributed by atoms with Crippen molar-refractivity contribution in [2.24, 2.45) is 0 Å². The molecular formula is C17H22N2O3. The first kappa shape index (κ1) is 16.1. The monoisotopic (exact) mass is 302 g/mol. The second-order valence-corrected chi connectivity index (χ2v) is 5.50. The Morgan fingerprint density at radius 2 is 2.32 bits per heavy atom. The summed E-state index contributed by atoms with van der Waals surface area (Å²) < 4.78 is 5.28. The zero-order valence-corrected chi connectivity index (χ0v) is 13.1. The fraction of sp³-hybridized carbons (Fsp3) is 0.412. The molecular weight excluding hydrogens is 280 g/mol. The largest absolute Gasteiger partial charge is 0.496 e. The lowest BCUT2D eigenvalue weighted by atomic mass is 10.0. The van der Waals surface area contributed by atoms with Gasteiger partial charge >= 0.3 is 0 Å². The van der Waals surface area contributed by atoms with Crippen molar-refractivity contribution in [1.82, 2.24) is 10.2 Å². The number of likely N-dealkylation sites (N-methyl/N-ethyl adjacent to an activating group) is 1. The molecule has 2 rings (SSSR count). The number of carbonyl (C=O) groups is 2. The maximum absolute atomic E-state index is 12.4. The summed E-state index contributed by atoms with van der Waals surface area (Å²) in [4.78, 5) is 25.5. The minimum Gasteiger partial charge on any atom is -0.496 e. The van der Waals surface area contributed by atoms with Crippen molar-refractivity contribution in [3.8, 4) is 5.75 Å². The topological polar surface area (TPSA) is 58.6 Å². The lowest BCUT2D eigenvalue weighted by Gasteiger charge is -2.30. The van der Waals surface area contributed by atoms with Crippen LogP contribution >= 0.6 is 0 Å². The first-order valence-electron chi connectivity index (χ1n) is 7.37. The molecule has 1 atom stereocenters. The van der Waals surface area contributed by atoms with Crippen molar-refractivity contribution in [3.05, 3.63) is 42.0 Å². The Balaban J connectivity index is 2.07. The molecule has 1 aliphatic rings. The highest BCUT2D eigenvalue weighted by molar-refractivity contribution is 5.95. The van der Waals surface area contributed by atoms with Crippen LogP contribution in [-0.2, 0) is 11.2 Å². The SMILES string of the molecule is C=CCc1cc(C(=O)NC2CCC(=O)N(C)C2)ccc1OC. The highest BCUT2D eigenvalue weighted by Gasteiger charge is 2.24. The molecule has 1 aromatic rings.